The average Bonchev–Trinajstić information content (AvgIpc) is 3.37. The van der Waals surface area contributed by atoms with Crippen LogP contribution in [-0.2, 0) is 6.61 Å². The molecule has 8 nitrogen and oxygen atoms in total. The van der Waals surface area contributed by atoms with Crippen LogP contribution in [0.25, 0.3) is 11.4 Å². The molecule has 2 N–H and O–H groups in total. The monoisotopic (exact) mass is 412 g/mol. The Balaban J connectivity index is 1.41. The molecule has 2 aromatic heterocycles. The van der Waals surface area contributed by atoms with Crippen LogP contribution in [0.5, 0.6) is 5.75 Å². The number of benzene rings is 2. The largest absolute Gasteiger partial charge is 0.486 e. The number of nitrogens with zero attached hydrogens (tertiary/aromatic N) is 5. The molecule has 0 saturated heterocycles. The van der Waals surface area contributed by atoms with Crippen LogP contribution in [0.3, 0.4) is 0 Å². The van der Waals surface area contributed by atoms with Gasteiger partial charge in [0.15, 0.2) is 5.82 Å². The molecule has 0 radical (unpaired) electrons. The van der Waals surface area contributed by atoms with Gasteiger partial charge in [-0.15, -0.1) is 10.2 Å². The van der Waals surface area contributed by atoms with E-state index in [0.29, 0.717) is 28.4 Å². The first kappa shape index (κ1) is 18.9. The van der Waals surface area contributed by atoms with Crippen molar-refractivity contribution in [3.8, 4) is 17.1 Å². The molecule has 1 atom stereocenters. The molecule has 29 heavy (non-hydrogen) atoms. The molecular weight excluding hydrogens is 395 g/mol. The summed E-state index contributed by atoms with van der Waals surface area (Å²) in [6, 6.07) is 15.3. The van der Waals surface area contributed by atoms with Crippen LogP contribution in [0, 0.1) is 5.82 Å². The fourth-order valence-corrected chi connectivity index (χ4v) is 3.30. The number of aromatic nitrogens is 5. The number of nitrogen functional groups attached to an aromatic ring is 1. The Bertz CT molecular complexity index is 1080. The summed E-state index contributed by atoms with van der Waals surface area (Å²) in [5.41, 5.74) is 0.877. The van der Waals surface area contributed by atoms with Crippen LogP contribution < -0.4 is 10.6 Å². The summed E-state index contributed by atoms with van der Waals surface area (Å²) >= 11 is 1.34. The van der Waals surface area contributed by atoms with Gasteiger partial charge in [-0.3, -0.25) is 0 Å². The lowest BCUT2D eigenvalue weighted by Crippen LogP contribution is -2.16. The maximum atomic E-state index is 13.0. The van der Waals surface area contributed by atoms with E-state index in [2.05, 4.69) is 20.3 Å². The third kappa shape index (κ3) is 4.37. The number of hydrogen-bond donors (Lipinski definition) is 1. The molecule has 0 amide bonds. The highest BCUT2D eigenvalue weighted by Crippen LogP contribution is 2.33. The van der Waals surface area contributed by atoms with E-state index in [-0.39, 0.29) is 17.7 Å². The first-order valence-electron chi connectivity index (χ1n) is 8.73. The van der Waals surface area contributed by atoms with Crippen molar-refractivity contribution in [2.75, 3.05) is 5.84 Å². The molecular formula is C19H17FN6O2S. The number of rotatable bonds is 7. The van der Waals surface area contributed by atoms with Crippen LogP contribution in [0.1, 0.15) is 23.9 Å². The molecule has 10 heteroatoms. The smallest absolute Gasteiger partial charge is 0.240 e. The van der Waals surface area contributed by atoms with Crippen molar-refractivity contribution in [2.24, 2.45) is 0 Å². The highest BCUT2D eigenvalue weighted by Gasteiger charge is 2.20. The summed E-state index contributed by atoms with van der Waals surface area (Å²) < 4.78 is 25.2. The van der Waals surface area contributed by atoms with Crippen molar-refractivity contribution < 1.29 is 13.7 Å². The zero-order valence-corrected chi connectivity index (χ0v) is 16.2. The third-order valence-corrected chi connectivity index (χ3v) is 5.06. The predicted octanol–water partition coefficient (Wildman–Crippen LogP) is 3.61. The maximum absolute atomic E-state index is 13.0. The number of halogens is 1. The van der Waals surface area contributed by atoms with Gasteiger partial charge < -0.3 is 15.1 Å². The standard InChI is InChI=1S/C19H17FN6O2S/c1-12(18-22-17(25-28-18)13-5-3-2-4-6-13)29-19-24-23-16(26(19)21)11-27-15-9-7-14(20)8-10-15/h2-10,12H,11,21H2,1H3. The van der Waals surface area contributed by atoms with E-state index < -0.39 is 0 Å². The molecule has 4 rings (SSSR count). The second-order valence-corrected chi connectivity index (χ2v) is 7.40. The molecule has 4 aromatic rings. The van der Waals surface area contributed by atoms with Gasteiger partial charge in [-0.2, -0.15) is 4.98 Å². The molecule has 0 fully saturated rings. The summed E-state index contributed by atoms with van der Waals surface area (Å²) in [7, 11) is 0. The van der Waals surface area contributed by atoms with Gasteiger partial charge in [-0.05, 0) is 31.2 Å². The maximum Gasteiger partial charge on any atom is 0.240 e. The lowest BCUT2D eigenvalue weighted by Gasteiger charge is -2.07. The molecule has 0 bridgehead atoms. The molecule has 0 aliphatic rings. The summed E-state index contributed by atoms with van der Waals surface area (Å²) in [5.74, 6) is 7.67. The van der Waals surface area contributed by atoms with Crippen LogP contribution in [-0.4, -0.2) is 25.0 Å². The van der Waals surface area contributed by atoms with Crippen molar-refractivity contribution in [2.45, 2.75) is 23.9 Å². The average molecular weight is 412 g/mol. The van der Waals surface area contributed by atoms with Gasteiger partial charge in [0.2, 0.25) is 16.9 Å². The second kappa shape index (κ2) is 8.31. The van der Waals surface area contributed by atoms with Crippen LogP contribution >= 0.6 is 11.8 Å². The van der Waals surface area contributed by atoms with Gasteiger partial charge in [0.05, 0.1) is 5.25 Å². The number of thioether (sulfide) groups is 1. The minimum Gasteiger partial charge on any atom is -0.486 e. The van der Waals surface area contributed by atoms with Crippen molar-refractivity contribution in [3.63, 3.8) is 0 Å². The highest BCUT2D eigenvalue weighted by molar-refractivity contribution is 7.99. The second-order valence-electron chi connectivity index (χ2n) is 6.09. The molecule has 148 valence electrons. The Kier molecular flexibility index (Phi) is 5.43. The van der Waals surface area contributed by atoms with Gasteiger partial charge in [-0.25, -0.2) is 9.07 Å². The number of nitrogens with two attached hydrogens (primary N) is 1. The van der Waals surface area contributed by atoms with E-state index in [1.807, 2.05) is 37.3 Å². The minimum atomic E-state index is -0.330. The van der Waals surface area contributed by atoms with Gasteiger partial charge in [0.1, 0.15) is 18.2 Å². The summed E-state index contributed by atoms with van der Waals surface area (Å²) in [4.78, 5) is 4.44. The van der Waals surface area contributed by atoms with Gasteiger partial charge in [-0.1, -0.05) is 47.3 Å². The van der Waals surface area contributed by atoms with E-state index in [0.717, 1.165) is 5.56 Å². The normalized spacial score (nSPS) is 12.1. The lowest BCUT2D eigenvalue weighted by atomic mass is 10.2. The van der Waals surface area contributed by atoms with Crippen LogP contribution in [0.2, 0.25) is 0 Å². The Morgan fingerprint density at radius 3 is 2.66 bits per heavy atom. The Hall–Kier alpha value is -3.40. The molecule has 0 saturated carbocycles. The fourth-order valence-electron chi connectivity index (χ4n) is 2.48. The fraction of sp³-hybridized carbons (Fsp3) is 0.158. The predicted molar refractivity (Wildman–Crippen MR) is 105 cm³/mol. The zero-order chi connectivity index (χ0) is 20.2. The molecule has 0 aliphatic carbocycles. The number of ether oxygens (including phenoxy) is 1. The first-order chi connectivity index (χ1) is 14.1. The summed E-state index contributed by atoms with van der Waals surface area (Å²) in [6.07, 6.45) is 0. The summed E-state index contributed by atoms with van der Waals surface area (Å²) in [5, 5.41) is 12.5. The van der Waals surface area contributed by atoms with Crippen molar-refractivity contribution in [3.05, 3.63) is 72.1 Å². The van der Waals surface area contributed by atoms with Gasteiger partial charge in [0, 0.05) is 5.56 Å². The Morgan fingerprint density at radius 2 is 1.90 bits per heavy atom. The topological polar surface area (TPSA) is 105 Å². The van der Waals surface area contributed by atoms with Crippen molar-refractivity contribution in [1.82, 2.24) is 25.0 Å². The van der Waals surface area contributed by atoms with Crippen LogP contribution in [0.15, 0.2) is 64.3 Å². The van der Waals surface area contributed by atoms with E-state index in [9.17, 15) is 4.39 Å². The van der Waals surface area contributed by atoms with E-state index in [1.54, 1.807) is 0 Å². The first-order valence-corrected chi connectivity index (χ1v) is 9.61. The third-order valence-electron chi connectivity index (χ3n) is 4.02. The minimum absolute atomic E-state index is 0.1000. The van der Waals surface area contributed by atoms with E-state index in [4.69, 9.17) is 15.1 Å². The van der Waals surface area contributed by atoms with Crippen molar-refractivity contribution >= 4 is 11.8 Å². The van der Waals surface area contributed by atoms with Crippen LogP contribution in [0.4, 0.5) is 4.39 Å². The highest BCUT2D eigenvalue weighted by atomic mass is 32.2. The van der Waals surface area contributed by atoms with Crippen molar-refractivity contribution in [1.29, 1.82) is 0 Å². The molecule has 0 aliphatic heterocycles. The SMILES string of the molecule is CC(Sc1nnc(COc2ccc(F)cc2)n1N)c1nc(-c2ccccc2)no1. The zero-order valence-electron chi connectivity index (χ0n) is 15.4. The van der Waals surface area contributed by atoms with Gasteiger partial charge >= 0.3 is 0 Å². The molecule has 2 heterocycles. The Morgan fingerprint density at radius 1 is 1.14 bits per heavy atom. The molecule has 2 aromatic carbocycles. The van der Waals surface area contributed by atoms with E-state index in [1.165, 1.54) is 40.7 Å². The Labute approximate surface area is 169 Å². The van der Waals surface area contributed by atoms with Gasteiger partial charge in [0.25, 0.3) is 0 Å². The van der Waals surface area contributed by atoms with E-state index >= 15 is 0 Å². The lowest BCUT2D eigenvalue weighted by molar-refractivity contribution is 0.291. The number of hydrogen-bond acceptors (Lipinski definition) is 8. The summed E-state index contributed by atoms with van der Waals surface area (Å²) in [6.45, 7) is 2.01. The molecule has 0 spiro atoms. The quantitative estimate of drug-likeness (QED) is 0.363. The molecule has 1 unspecified atom stereocenters.